The molecule has 1 amide bonds. The van der Waals surface area contributed by atoms with Crippen molar-refractivity contribution in [3.05, 3.63) is 48.0 Å². The molecule has 6 N–H and O–H groups in total. The van der Waals surface area contributed by atoms with Crippen molar-refractivity contribution in [3.63, 3.8) is 0 Å². The molecule has 5 rings (SSSR count). The van der Waals surface area contributed by atoms with E-state index in [4.69, 9.17) is 10.7 Å². The summed E-state index contributed by atoms with van der Waals surface area (Å²) in [4.78, 5) is 30.5. The van der Waals surface area contributed by atoms with Crippen molar-refractivity contribution in [1.29, 1.82) is 0 Å². The zero-order chi connectivity index (χ0) is 22.6. The Hall–Kier alpha value is -4.21. The lowest BCUT2D eigenvalue weighted by Gasteiger charge is -2.16. The first-order valence-electron chi connectivity index (χ1n) is 11.0. The number of carbonyl (C=O) groups is 1. The fourth-order valence-electron chi connectivity index (χ4n) is 3.93. The van der Waals surface area contributed by atoms with E-state index in [2.05, 4.69) is 36.2 Å². The summed E-state index contributed by atoms with van der Waals surface area (Å²) in [6.07, 6.45) is 1.50. The summed E-state index contributed by atoms with van der Waals surface area (Å²) in [6.45, 7) is 2.44. The molecule has 168 valence electrons. The fourth-order valence-corrected chi connectivity index (χ4v) is 3.93. The van der Waals surface area contributed by atoms with E-state index in [1.54, 1.807) is 0 Å². The topological polar surface area (TPSA) is 143 Å². The quantitative estimate of drug-likeness (QED) is 0.259. The Bertz CT molecular complexity index is 1320. The Balaban J connectivity index is 1.51. The number of hydrogen-bond donors (Lipinski definition) is 5. The number of amides is 1. The molecule has 2 aromatic carbocycles. The van der Waals surface area contributed by atoms with Crippen LogP contribution in [0.4, 0.5) is 23.5 Å². The Morgan fingerprint density at radius 2 is 1.36 bits per heavy atom. The van der Waals surface area contributed by atoms with Crippen molar-refractivity contribution in [2.75, 3.05) is 47.9 Å². The number of nitrogens with two attached hydrogens (primary N) is 1. The zero-order valence-electron chi connectivity index (χ0n) is 18.1. The third kappa shape index (κ3) is 4.40. The van der Waals surface area contributed by atoms with E-state index in [9.17, 15) is 4.79 Å². The van der Waals surface area contributed by atoms with Crippen LogP contribution in [0.3, 0.4) is 0 Å². The molecule has 0 aliphatic carbocycles. The highest BCUT2D eigenvalue weighted by Crippen LogP contribution is 2.32. The number of para-hydroxylation sites is 2. The molecule has 2 aromatic heterocycles. The summed E-state index contributed by atoms with van der Waals surface area (Å²) in [6, 6.07) is 13.7. The van der Waals surface area contributed by atoms with Crippen molar-refractivity contribution >= 4 is 51.2 Å². The van der Waals surface area contributed by atoms with Crippen LogP contribution in [0.25, 0.3) is 21.8 Å². The number of nitrogens with one attached hydrogen (secondary N) is 4. The first-order valence-corrected chi connectivity index (χ1v) is 11.0. The molecule has 0 atom stereocenters. The monoisotopic (exact) mass is 443 g/mol. The number of benzene rings is 2. The molecule has 0 spiro atoms. The molecule has 3 heterocycles. The predicted molar refractivity (Wildman–Crippen MR) is 131 cm³/mol. The number of aromatic nitrogens is 4. The van der Waals surface area contributed by atoms with Crippen LogP contribution in [0.2, 0.25) is 0 Å². The van der Waals surface area contributed by atoms with Gasteiger partial charge < -0.3 is 27.0 Å². The Morgan fingerprint density at radius 3 is 2.15 bits per heavy atom. The second-order valence-electron chi connectivity index (χ2n) is 7.79. The molecule has 6 bridgehead atoms. The van der Waals surface area contributed by atoms with E-state index in [-0.39, 0.29) is 11.9 Å². The maximum atomic E-state index is 13.0. The first kappa shape index (κ1) is 20.7. The first-order chi connectivity index (χ1) is 16.2. The van der Waals surface area contributed by atoms with Gasteiger partial charge in [-0.1, -0.05) is 30.3 Å². The minimum atomic E-state index is -0.147. The Kier molecular flexibility index (Phi) is 5.71. The second-order valence-corrected chi connectivity index (χ2v) is 7.79. The molecule has 0 unspecified atom stereocenters. The van der Waals surface area contributed by atoms with Crippen molar-refractivity contribution in [2.45, 2.75) is 12.8 Å². The van der Waals surface area contributed by atoms with E-state index in [0.29, 0.717) is 55.6 Å². The SMILES string of the molecule is Nc1nc2nc(n1)NCCCNc1c3ccccc3nc3c(cccc13)C(=O)NCCCN2. The largest absolute Gasteiger partial charge is 0.384 e. The van der Waals surface area contributed by atoms with Crippen molar-refractivity contribution in [2.24, 2.45) is 0 Å². The van der Waals surface area contributed by atoms with E-state index in [1.165, 1.54) is 0 Å². The van der Waals surface area contributed by atoms with E-state index >= 15 is 0 Å². The molecule has 0 saturated carbocycles. The number of nitrogen functional groups attached to an aromatic ring is 1. The third-order valence-corrected chi connectivity index (χ3v) is 5.47. The summed E-state index contributed by atoms with van der Waals surface area (Å²) in [7, 11) is 0. The van der Waals surface area contributed by atoms with Gasteiger partial charge in [0.15, 0.2) is 0 Å². The highest BCUT2D eigenvalue weighted by Gasteiger charge is 2.16. The van der Waals surface area contributed by atoms with Gasteiger partial charge in [-0.3, -0.25) is 4.79 Å². The lowest BCUT2D eigenvalue weighted by atomic mass is 10.0. The van der Waals surface area contributed by atoms with Gasteiger partial charge in [0, 0.05) is 37.0 Å². The third-order valence-electron chi connectivity index (χ3n) is 5.47. The lowest BCUT2D eigenvalue weighted by Crippen LogP contribution is -2.26. The number of pyridine rings is 1. The normalized spacial score (nSPS) is 15.1. The molecule has 33 heavy (non-hydrogen) atoms. The summed E-state index contributed by atoms with van der Waals surface area (Å²) in [5.74, 6) is 0.848. The molecular formula is C23H25N9O. The van der Waals surface area contributed by atoms with E-state index in [1.807, 2.05) is 42.5 Å². The van der Waals surface area contributed by atoms with Crippen molar-refractivity contribution in [1.82, 2.24) is 25.3 Å². The zero-order valence-corrected chi connectivity index (χ0v) is 18.1. The van der Waals surface area contributed by atoms with Gasteiger partial charge in [0.2, 0.25) is 17.8 Å². The number of hydrogen-bond acceptors (Lipinski definition) is 9. The summed E-state index contributed by atoms with van der Waals surface area (Å²) >= 11 is 0. The molecule has 10 nitrogen and oxygen atoms in total. The van der Waals surface area contributed by atoms with E-state index in [0.717, 1.165) is 28.4 Å². The molecule has 0 saturated heterocycles. The number of rotatable bonds is 0. The Morgan fingerprint density at radius 1 is 0.697 bits per heavy atom. The maximum Gasteiger partial charge on any atom is 0.253 e. The molecular weight excluding hydrogens is 418 g/mol. The number of fused-ring (bicyclic) bond motifs is 4. The molecule has 1 aliphatic heterocycles. The van der Waals surface area contributed by atoms with Gasteiger partial charge in [-0.05, 0) is 25.0 Å². The summed E-state index contributed by atoms with van der Waals surface area (Å²) in [5, 5.41) is 14.8. The second kappa shape index (κ2) is 9.11. The van der Waals surface area contributed by atoms with Crippen LogP contribution in [-0.4, -0.2) is 52.0 Å². The van der Waals surface area contributed by atoms with Crippen LogP contribution < -0.4 is 27.0 Å². The van der Waals surface area contributed by atoms with Gasteiger partial charge in [-0.2, -0.15) is 15.0 Å². The predicted octanol–water partition coefficient (Wildman–Crippen LogP) is 2.61. The van der Waals surface area contributed by atoms with Crippen LogP contribution in [-0.2, 0) is 0 Å². The fraction of sp³-hybridized carbons (Fsp3) is 0.261. The maximum absolute atomic E-state index is 13.0. The number of carbonyl (C=O) groups excluding carboxylic acids is 1. The van der Waals surface area contributed by atoms with Gasteiger partial charge in [-0.25, -0.2) is 4.98 Å². The van der Waals surface area contributed by atoms with Crippen LogP contribution in [0, 0.1) is 0 Å². The molecule has 1 aliphatic rings. The van der Waals surface area contributed by atoms with Crippen LogP contribution in [0.15, 0.2) is 42.5 Å². The van der Waals surface area contributed by atoms with Gasteiger partial charge in [0.25, 0.3) is 5.91 Å². The minimum Gasteiger partial charge on any atom is -0.384 e. The van der Waals surface area contributed by atoms with Crippen molar-refractivity contribution in [3.8, 4) is 0 Å². The van der Waals surface area contributed by atoms with Gasteiger partial charge >= 0.3 is 0 Å². The van der Waals surface area contributed by atoms with Crippen molar-refractivity contribution < 1.29 is 4.79 Å². The highest BCUT2D eigenvalue weighted by atomic mass is 16.1. The number of anilines is 4. The summed E-state index contributed by atoms with van der Waals surface area (Å²) < 4.78 is 0. The molecule has 0 fully saturated rings. The molecule has 0 radical (unpaired) electrons. The molecule has 4 aromatic rings. The smallest absolute Gasteiger partial charge is 0.253 e. The standard InChI is InChI=1S/C23H25N9O/c24-21-30-22-27-12-4-10-25-18-14-6-1-2-9-17(14)29-19-15(18)7-3-8-16(19)20(33)26-11-5-13-28-23(31-21)32-22/h1-3,6-9,25H,4-5,10-13H2,(H,26,33)(H4,24,27,28,30,31,32). The lowest BCUT2D eigenvalue weighted by molar-refractivity contribution is 0.0955. The van der Waals surface area contributed by atoms with Crippen LogP contribution >= 0.6 is 0 Å². The number of nitrogens with zero attached hydrogens (tertiary/aromatic N) is 4. The minimum absolute atomic E-state index is 0.147. The van der Waals surface area contributed by atoms with E-state index < -0.39 is 0 Å². The molecule has 10 heteroatoms. The van der Waals surface area contributed by atoms with Gasteiger partial charge in [0.05, 0.1) is 22.3 Å². The van der Waals surface area contributed by atoms with Crippen LogP contribution in [0.1, 0.15) is 23.2 Å². The Labute approximate surface area is 190 Å². The van der Waals surface area contributed by atoms with Crippen LogP contribution in [0.5, 0.6) is 0 Å². The average Bonchev–Trinajstić information content (AvgIpc) is 2.81. The van der Waals surface area contributed by atoms with Gasteiger partial charge in [0.1, 0.15) is 0 Å². The van der Waals surface area contributed by atoms with Gasteiger partial charge in [-0.15, -0.1) is 0 Å². The summed E-state index contributed by atoms with van der Waals surface area (Å²) in [5.41, 5.74) is 8.89. The average molecular weight is 444 g/mol. The highest BCUT2D eigenvalue weighted by molar-refractivity contribution is 6.14.